The Morgan fingerprint density at radius 2 is 1.04 bits per heavy atom. The Morgan fingerprint density at radius 1 is 0.478 bits per heavy atom. The molecule has 0 spiro atoms. The Morgan fingerprint density at radius 3 is 1.69 bits per heavy atom. The largest absolute Gasteiger partial charge is 0.489 e. The van der Waals surface area contributed by atoms with E-state index in [1.807, 2.05) is 149 Å². The van der Waals surface area contributed by atoms with Gasteiger partial charge < -0.3 is 31.8 Å². The number of benzene rings is 8. The predicted molar refractivity (Wildman–Crippen MR) is 444 cm³/mol. The number of aromatic nitrogens is 16. The van der Waals surface area contributed by atoms with E-state index < -0.39 is 16.1 Å². The van der Waals surface area contributed by atoms with E-state index in [1.165, 1.54) is 21.6 Å². The van der Waals surface area contributed by atoms with Crippen molar-refractivity contribution in [1.82, 2.24) is 77.2 Å². The van der Waals surface area contributed by atoms with Gasteiger partial charge in [-0.1, -0.05) is 87.3 Å². The summed E-state index contributed by atoms with van der Waals surface area (Å²) in [4.78, 5) is 44.7. The zero-order valence-corrected chi connectivity index (χ0v) is 80.9. The van der Waals surface area contributed by atoms with Crippen LogP contribution in [0.3, 0.4) is 0 Å². The average molecular weight is 2470 g/mol. The van der Waals surface area contributed by atoms with E-state index >= 15 is 0 Å². The minimum Gasteiger partial charge on any atom is -0.489 e. The van der Waals surface area contributed by atoms with Crippen LogP contribution in [-0.2, 0) is 115 Å². The maximum Gasteiger partial charge on any atom is 0.140 e. The van der Waals surface area contributed by atoms with E-state index in [9.17, 15) is 5.26 Å². The van der Waals surface area contributed by atoms with Crippen LogP contribution >= 0.6 is 34.0 Å². The Kier molecular flexibility index (Phi) is 29.7. The van der Waals surface area contributed by atoms with Gasteiger partial charge in [0.2, 0.25) is 0 Å². The summed E-state index contributed by atoms with van der Waals surface area (Å²) < 4.78 is 20.2. The number of nitrogens with zero attached hydrogens (tertiary/aromatic N) is 17. The summed E-state index contributed by atoms with van der Waals surface area (Å²) in [6.45, 7) is 29.1. The fourth-order valence-corrected chi connectivity index (χ4v) is 18.4. The van der Waals surface area contributed by atoms with Crippen LogP contribution in [0.2, 0.25) is 39.3 Å². The van der Waals surface area contributed by atoms with Gasteiger partial charge in [0, 0.05) is 208 Å². The van der Waals surface area contributed by atoms with Gasteiger partial charge in [-0.05, 0) is 120 Å². The SMILES string of the molecule is Cc1cccc(-n2ccnc2-c2[c-]cc3nc(C)n(C(C)C)c3c2)c1.Cc1nc2c[c-]c(-c3nccs3)cc2n1C.Cc1nc2cc(-c3nccn3-c3c([Si](C)(C)C)cccc3[Si](C)(C)C)[c-]cc2n1C.Cc1nc2cc(-c3ncco3)[c-]cc2s1.N#Cc1ccccc1-n1ccnc1-c1[c-]cc2scnc2c1.[Ir].[Ir].[Ir].[Ir].[Ir]. The second kappa shape index (κ2) is 37.9. The van der Waals surface area contributed by atoms with Crippen LogP contribution < -0.4 is 10.4 Å². The molecule has 8 aromatic carbocycles. The zero-order valence-electron chi connectivity index (χ0n) is 64.5. The van der Waals surface area contributed by atoms with Gasteiger partial charge in [-0.2, -0.15) is 39.3 Å². The fourth-order valence-electron chi connectivity index (χ4n) is 13.1. The Balaban J connectivity index is 0.000000163. The van der Waals surface area contributed by atoms with Crippen molar-refractivity contribution in [3.8, 4) is 79.3 Å². The number of nitriles is 1. The van der Waals surface area contributed by atoms with Crippen molar-refractivity contribution in [2.24, 2.45) is 14.1 Å². The summed E-state index contributed by atoms with van der Waals surface area (Å²) in [6, 6.07) is 61.9. The molecule has 0 aliphatic heterocycles. The number of thiazole rings is 3. The van der Waals surface area contributed by atoms with Crippen molar-refractivity contribution in [3.05, 3.63) is 258 Å². The van der Waals surface area contributed by atoms with Crippen molar-refractivity contribution < 1.29 is 105 Å². The van der Waals surface area contributed by atoms with Crippen molar-refractivity contribution in [1.29, 1.82) is 5.26 Å². The first-order valence-electron chi connectivity index (χ1n) is 35.2. The van der Waals surface area contributed by atoms with Crippen LogP contribution in [0.4, 0.5) is 0 Å². The molecule has 0 saturated heterocycles. The van der Waals surface area contributed by atoms with Crippen LogP contribution in [0.25, 0.3) is 127 Å². The number of hydrogen-bond donors (Lipinski definition) is 0. The number of hydrogen-bond acceptors (Lipinski definition) is 15. The zero-order chi connectivity index (χ0) is 75.7. The van der Waals surface area contributed by atoms with E-state index in [0.29, 0.717) is 17.5 Å². The molecule has 0 bridgehead atoms. The smallest absolute Gasteiger partial charge is 0.140 e. The van der Waals surface area contributed by atoms with E-state index in [0.717, 1.165) is 138 Å². The van der Waals surface area contributed by atoms with Crippen LogP contribution in [0.5, 0.6) is 0 Å². The van der Waals surface area contributed by atoms with Crippen LogP contribution in [0.15, 0.2) is 199 Å². The molecule has 0 aliphatic carbocycles. The third-order valence-electron chi connectivity index (χ3n) is 18.5. The molecule has 28 heteroatoms. The number of aryl methyl sites for hydroxylation is 7. The first kappa shape index (κ1) is 88.5. The molecule has 0 fully saturated rings. The van der Waals surface area contributed by atoms with Crippen molar-refractivity contribution in [2.75, 3.05) is 0 Å². The van der Waals surface area contributed by atoms with Gasteiger partial charge >= 0.3 is 0 Å². The summed E-state index contributed by atoms with van der Waals surface area (Å²) >= 11 is 4.88. The second-order valence-corrected chi connectivity index (χ2v) is 41.5. The molecule has 18 aromatic rings. The quantitative estimate of drug-likeness (QED) is 0.0879. The normalized spacial score (nSPS) is 11.0. The minimum atomic E-state index is -1.57. The molecule has 585 valence electrons. The monoisotopic (exact) mass is 2470 g/mol. The molecule has 10 heterocycles. The van der Waals surface area contributed by atoms with E-state index in [4.69, 9.17) is 14.4 Å². The van der Waals surface area contributed by atoms with Gasteiger partial charge in [0.05, 0.1) is 85.3 Å². The summed E-state index contributed by atoms with van der Waals surface area (Å²) in [5, 5.41) is 16.3. The van der Waals surface area contributed by atoms with Crippen molar-refractivity contribution in [2.45, 2.75) is 93.8 Å². The first-order chi connectivity index (χ1) is 52.0. The standard InChI is InChI=1S/C24H31N4Si2.C21H21N4.C17H9N4S.C12H10N3S.C11H7N2OS.5Ir/c1-17-26-19-16-18(12-13-20(19)27(17)2)24-25-14-15-28(24)23-21(29(3,4)5)10-9-11-22(23)30(6,7)8;1-14(2)25-16(4)23-19-9-8-17(13-20(19)25)21-22-10-11-24(21)18-7-5-6-15(3)12-18;18-10-13-3-1-2-4-15(13)21-8-7-19-17(21)12-5-6-16-14(9-12)20-11-22-16;1-8-14-10-4-3-9(7-11(10)15(8)2)12-13-5-6-16-12;1-7-13-9-6-8(2-3-10(9)15-7)11-12-4-5-14-11;;;;;/h9-11,13-16H,1-8H3;5-7,9-14H,1-4H3;1-4,6-9,11H;4-7H,1-2H3;3-6H,1H3;;;;;/q5*-1;;;;;. The molecule has 18 rings (SSSR count). The maximum atomic E-state index is 9.29. The molecular formula is C85H78Ir5N17OS3Si2-5. The van der Waals surface area contributed by atoms with Crippen LogP contribution in [0, 0.1) is 76.3 Å². The maximum absolute atomic E-state index is 9.29. The van der Waals surface area contributed by atoms with Crippen LogP contribution in [-0.4, -0.2) is 93.4 Å². The summed E-state index contributed by atoms with van der Waals surface area (Å²) in [6.07, 6.45) is 16.4. The van der Waals surface area contributed by atoms with Crippen LogP contribution in [0.1, 0.15) is 53.5 Å². The van der Waals surface area contributed by atoms with E-state index in [2.05, 4.69) is 226 Å². The van der Waals surface area contributed by atoms with Gasteiger partial charge in [0.25, 0.3) is 0 Å². The molecule has 5 radical (unpaired) electrons. The molecule has 0 aliphatic rings. The first-order valence-corrected chi connectivity index (χ1v) is 44.8. The number of para-hydroxylation sites is 2. The Bertz CT molecular complexity index is 6280. The predicted octanol–water partition coefficient (Wildman–Crippen LogP) is 19.2. The second-order valence-electron chi connectivity index (χ2n) is 28.4. The third-order valence-corrected chi connectivity index (χ3v) is 25.1. The molecular weight excluding hydrogens is 2390 g/mol. The molecule has 10 aromatic heterocycles. The molecule has 113 heavy (non-hydrogen) atoms. The Labute approximate surface area is 739 Å². The molecule has 18 nitrogen and oxygen atoms in total. The molecule has 0 unspecified atom stereocenters. The average Bonchev–Trinajstić information content (AvgIpc) is 1.76. The van der Waals surface area contributed by atoms with Gasteiger partial charge in [0.1, 0.15) is 12.0 Å². The minimum absolute atomic E-state index is 0. The van der Waals surface area contributed by atoms with Gasteiger partial charge in [-0.3, -0.25) is 49.8 Å². The topological polar surface area (TPSA) is 195 Å². The molecule has 0 N–H and O–H groups in total. The van der Waals surface area contributed by atoms with E-state index in [-0.39, 0.29) is 101 Å². The molecule has 0 saturated carbocycles. The Hall–Kier alpha value is -8.41. The fraction of sp³-hybridized carbons (Fsp3) is 0.188. The van der Waals surface area contributed by atoms with Gasteiger partial charge in [-0.25, -0.2) is 0 Å². The number of fused-ring (bicyclic) bond motifs is 5. The summed E-state index contributed by atoms with van der Waals surface area (Å²) in [7, 11) is 0.933. The molecule has 0 atom stereocenters. The number of oxazole rings is 1. The molecule has 0 amide bonds. The van der Waals surface area contributed by atoms with E-state index in [1.54, 1.807) is 58.7 Å². The third kappa shape index (κ3) is 19.3. The van der Waals surface area contributed by atoms with Gasteiger partial charge in [-0.15, -0.1) is 113 Å². The van der Waals surface area contributed by atoms with Crippen molar-refractivity contribution in [3.63, 3.8) is 0 Å². The summed E-state index contributed by atoms with van der Waals surface area (Å²) in [5.74, 6) is 6.20. The van der Waals surface area contributed by atoms with Crippen molar-refractivity contribution >= 4 is 114 Å². The number of rotatable bonds is 11. The number of imidazole rings is 6. The summed E-state index contributed by atoms with van der Waals surface area (Å²) in [5.41, 5.74) is 19.8. The van der Waals surface area contributed by atoms with Gasteiger partial charge in [0.15, 0.2) is 0 Å².